The number of carbonyl (C=O) groups excluding carboxylic acids is 1. The molecule has 1 amide bonds. The highest BCUT2D eigenvalue weighted by Gasteiger charge is 2.52. The number of likely N-dealkylation sites (tertiary alicyclic amines) is 1. The normalized spacial score (nSPS) is 24.9. The van der Waals surface area contributed by atoms with Crippen molar-refractivity contribution >= 4 is 12.1 Å². The lowest BCUT2D eigenvalue weighted by molar-refractivity contribution is -0.139. The molecule has 5 rings (SSSR count). The quantitative estimate of drug-likeness (QED) is 0.864. The SMILES string of the molecule is O=C(O)CC12CCC(C1)N(C(=O)OCC1c3ccccc3-c3ccccc31)C2. The van der Waals surface area contributed by atoms with Crippen molar-refractivity contribution in [3.63, 3.8) is 0 Å². The molecule has 2 bridgehead atoms. The first-order valence-corrected chi connectivity index (χ1v) is 9.90. The Morgan fingerprint density at radius 1 is 1.07 bits per heavy atom. The number of hydrogen-bond acceptors (Lipinski definition) is 3. The van der Waals surface area contributed by atoms with Gasteiger partial charge in [0.25, 0.3) is 0 Å². The molecule has 5 nitrogen and oxygen atoms in total. The molecule has 144 valence electrons. The third-order valence-corrected chi connectivity index (χ3v) is 6.72. The zero-order valence-corrected chi connectivity index (χ0v) is 15.6. The second kappa shape index (κ2) is 6.36. The summed E-state index contributed by atoms with van der Waals surface area (Å²) in [5, 5.41) is 9.21. The van der Waals surface area contributed by atoms with E-state index in [1.807, 2.05) is 24.3 Å². The Morgan fingerprint density at radius 3 is 2.36 bits per heavy atom. The molecule has 2 unspecified atom stereocenters. The maximum Gasteiger partial charge on any atom is 0.410 e. The van der Waals surface area contributed by atoms with Crippen molar-refractivity contribution in [1.29, 1.82) is 0 Å². The molecule has 28 heavy (non-hydrogen) atoms. The Labute approximate surface area is 163 Å². The second-order valence-electron chi connectivity index (χ2n) is 8.40. The lowest BCUT2D eigenvalue weighted by Gasteiger charge is -2.31. The van der Waals surface area contributed by atoms with Crippen LogP contribution >= 0.6 is 0 Å². The van der Waals surface area contributed by atoms with Crippen LogP contribution in [0.1, 0.15) is 42.7 Å². The number of hydrogen-bond donors (Lipinski definition) is 1. The van der Waals surface area contributed by atoms with Gasteiger partial charge in [0.2, 0.25) is 0 Å². The number of amides is 1. The molecule has 1 N–H and O–H groups in total. The molecule has 0 spiro atoms. The van der Waals surface area contributed by atoms with Gasteiger partial charge < -0.3 is 14.7 Å². The topological polar surface area (TPSA) is 66.8 Å². The predicted molar refractivity (Wildman–Crippen MR) is 104 cm³/mol. The van der Waals surface area contributed by atoms with Crippen molar-refractivity contribution in [3.8, 4) is 11.1 Å². The van der Waals surface area contributed by atoms with E-state index in [2.05, 4.69) is 24.3 Å². The van der Waals surface area contributed by atoms with Gasteiger partial charge in [-0.1, -0.05) is 48.5 Å². The third kappa shape index (κ3) is 2.68. The molecule has 1 heterocycles. The fraction of sp³-hybridized carbons (Fsp3) is 0.391. The number of aliphatic carboxylic acids is 1. The average molecular weight is 377 g/mol. The molecular formula is C23H23NO4. The number of carboxylic acids is 1. The summed E-state index contributed by atoms with van der Waals surface area (Å²) in [6.45, 7) is 0.808. The highest BCUT2D eigenvalue weighted by atomic mass is 16.6. The van der Waals surface area contributed by atoms with E-state index in [1.54, 1.807) is 4.90 Å². The first-order valence-electron chi connectivity index (χ1n) is 9.90. The molecule has 1 aliphatic heterocycles. The summed E-state index contributed by atoms with van der Waals surface area (Å²) in [5.41, 5.74) is 4.55. The van der Waals surface area contributed by atoms with Crippen molar-refractivity contribution < 1.29 is 19.4 Å². The van der Waals surface area contributed by atoms with E-state index in [0.717, 1.165) is 19.3 Å². The van der Waals surface area contributed by atoms with Gasteiger partial charge in [-0.2, -0.15) is 0 Å². The highest BCUT2D eigenvalue weighted by Crippen LogP contribution is 2.50. The Balaban J connectivity index is 1.31. The van der Waals surface area contributed by atoms with Crippen LogP contribution in [-0.4, -0.2) is 41.3 Å². The first kappa shape index (κ1) is 17.3. The number of nitrogens with zero attached hydrogens (tertiary/aromatic N) is 1. The Kier molecular flexibility index (Phi) is 3.93. The fourth-order valence-corrected chi connectivity index (χ4v) is 5.50. The van der Waals surface area contributed by atoms with E-state index in [1.165, 1.54) is 22.3 Å². The minimum absolute atomic E-state index is 0.0455. The Bertz CT molecular complexity index is 910. The number of carbonyl (C=O) groups is 2. The average Bonchev–Trinajstić information content (AvgIpc) is 3.35. The maximum absolute atomic E-state index is 12.8. The molecule has 0 radical (unpaired) electrons. The van der Waals surface area contributed by atoms with Crippen LogP contribution in [0.25, 0.3) is 11.1 Å². The number of carboxylic acid groups (broad SMARTS) is 1. The number of rotatable bonds is 4. The highest BCUT2D eigenvalue weighted by molar-refractivity contribution is 5.79. The second-order valence-corrected chi connectivity index (χ2v) is 8.40. The van der Waals surface area contributed by atoms with Gasteiger partial charge in [-0.15, -0.1) is 0 Å². The molecule has 1 saturated heterocycles. The zero-order valence-electron chi connectivity index (χ0n) is 15.6. The van der Waals surface area contributed by atoms with Crippen LogP contribution in [0, 0.1) is 5.41 Å². The number of fused-ring (bicyclic) bond motifs is 5. The molecule has 3 aliphatic rings. The van der Waals surface area contributed by atoms with Gasteiger partial charge in [0.05, 0.1) is 6.42 Å². The lowest BCUT2D eigenvalue weighted by atomic mass is 9.84. The van der Waals surface area contributed by atoms with Gasteiger partial charge >= 0.3 is 12.1 Å². The summed E-state index contributed by atoms with van der Waals surface area (Å²) in [6.07, 6.45) is 2.37. The van der Waals surface area contributed by atoms with E-state index in [-0.39, 0.29) is 29.9 Å². The van der Waals surface area contributed by atoms with Gasteiger partial charge in [0.1, 0.15) is 6.61 Å². The monoisotopic (exact) mass is 377 g/mol. The lowest BCUT2D eigenvalue weighted by Crippen LogP contribution is -2.41. The van der Waals surface area contributed by atoms with Gasteiger partial charge in [0.15, 0.2) is 0 Å². The minimum atomic E-state index is -0.782. The fourth-order valence-electron chi connectivity index (χ4n) is 5.50. The van der Waals surface area contributed by atoms with E-state index < -0.39 is 5.97 Å². The molecular weight excluding hydrogens is 354 g/mol. The van der Waals surface area contributed by atoms with Crippen LogP contribution in [0.5, 0.6) is 0 Å². The summed E-state index contributed by atoms with van der Waals surface area (Å²) in [5.74, 6) is -0.737. The molecule has 0 aromatic heterocycles. The van der Waals surface area contributed by atoms with Gasteiger partial charge in [-0.25, -0.2) is 4.79 Å². The van der Waals surface area contributed by atoms with Crippen molar-refractivity contribution in [2.45, 2.75) is 37.6 Å². The Hall–Kier alpha value is -2.82. The maximum atomic E-state index is 12.8. The van der Waals surface area contributed by atoms with Gasteiger partial charge in [-0.05, 0) is 41.5 Å². The summed E-state index contributed by atoms with van der Waals surface area (Å²) >= 11 is 0. The first-order chi connectivity index (χ1) is 13.6. The van der Waals surface area contributed by atoms with E-state index in [0.29, 0.717) is 13.2 Å². The van der Waals surface area contributed by atoms with Crippen LogP contribution < -0.4 is 0 Å². The predicted octanol–water partition coefficient (Wildman–Crippen LogP) is 4.26. The summed E-state index contributed by atoms with van der Waals surface area (Å²) in [4.78, 5) is 25.8. The van der Waals surface area contributed by atoms with Crippen LogP contribution in [0.15, 0.2) is 48.5 Å². The van der Waals surface area contributed by atoms with Crippen LogP contribution in [-0.2, 0) is 9.53 Å². The smallest absolute Gasteiger partial charge is 0.410 e. The van der Waals surface area contributed by atoms with Crippen molar-refractivity contribution in [2.24, 2.45) is 5.41 Å². The number of ether oxygens (including phenoxy) is 1. The van der Waals surface area contributed by atoms with Crippen molar-refractivity contribution in [3.05, 3.63) is 59.7 Å². The summed E-state index contributed by atoms with van der Waals surface area (Å²) in [6, 6.07) is 16.7. The van der Waals surface area contributed by atoms with Crippen LogP contribution in [0.3, 0.4) is 0 Å². The van der Waals surface area contributed by atoms with Gasteiger partial charge in [-0.3, -0.25) is 4.79 Å². The zero-order chi connectivity index (χ0) is 19.3. The standard InChI is InChI=1S/C23H23NO4/c25-21(26)12-23-10-9-15(11-23)24(14-23)22(27)28-13-20-18-7-3-1-5-16(18)17-6-2-4-8-19(17)20/h1-8,15,20H,9-14H2,(H,25,26). The molecule has 5 heteroatoms. The molecule has 2 aromatic rings. The van der Waals surface area contributed by atoms with Crippen LogP contribution in [0.2, 0.25) is 0 Å². The van der Waals surface area contributed by atoms with E-state index in [9.17, 15) is 14.7 Å². The molecule has 1 saturated carbocycles. The number of benzene rings is 2. The molecule has 2 aliphatic carbocycles. The molecule has 2 fully saturated rings. The third-order valence-electron chi connectivity index (χ3n) is 6.72. The number of piperidine rings is 1. The minimum Gasteiger partial charge on any atom is -0.481 e. The summed E-state index contributed by atoms with van der Waals surface area (Å²) in [7, 11) is 0. The molecule has 2 atom stereocenters. The van der Waals surface area contributed by atoms with Crippen molar-refractivity contribution in [2.75, 3.05) is 13.2 Å². The Morgan fingerprint density at radius 2 is 1.71 bits per heavy atom. The van der Waals surface area contributed by atoms with Crippen LogP contribution in [0.4, 0.5) is 4.79 Å². The largest absolute Gasteiger partial charge is 0.481 e. The van der Waals surface area contributed by atoms with Crippen molar-refractivity contribution in [1.82, 2.24) is 4.90 Å². The van der Waals surface area contributed by atoms with E-state index in [4.69, 9.17) is 4.74 Å². The van der Waals surface area contributed by atoms with Gasteiger partial charge in [0, 0.05) is 23.9 Å². The summed E-state index contributed by atoms with van der Waals surface area (Å²) < 4.78 is 5.77. The van der Waals surface area contributed by atoms with E-state index >= 15 is 0 Å². The molecule has 2 aromatic carbocycles.